The first-order chi connectivity index (χ1) is 13.7. The van der Waals surface area contributed by atoms with Crippen LogP contribution < -0.4 is 4.90 Å². The van der Waals surface area contributed by atoms with Crippen molar-refractivity contribution in [1.29, 1.82) is 0 Å². The van der Waals surface area contributed by atoms with E-state index < -0.39 is 5.97 Å². The third-order valence-corrected chi connectivity index (χ3v) is 6.38. The van der Waals surface area contributed by atoms with Crippen LogP contribution in [-0.4, -0.2) is 41.7 Å². The molecule has 0 atom stereocenters. The SMILES string of the molecule is O=C(CC(=O)N1c2ccccc2C=Cc2ccccc21)OCCSSCCO. The summed E-state index contributed by atoms with van der Waals surface area (Å²) >= 11 is 0. The van der Waals surface area contributed by atoms with Gasteiger partial charge in [-0.3, -0.25) is 14.5 Å². The number of carbonyl (C=O) groups excluding carboxylic acids is 2. The van der Waals surface area contributed by atoms with Crippen LogP contribution in [0, 0.1) is 0 Å². The van der Waals surface area contributed by atoms with E-state index >= 15 is 0 Å². The third kappa shape index (κ3) is 5.19. The van der Waals surface area contributed by atoms with E-state index in [0.717, 1.165) is 22.5 Å². The zero-order valence-electron chi connectivity index (χ0n) is 15.2. The molecule has 1 aliphatic rings. The van der Waals surface area contributed by atoms with E-state index in [2.05, 4.69) is 0 Å². The summed E-state index contributed by atoms with van der Waals surface area (Å²) in [5.74, 6) is 0.392. The smallest absolute Gasteiger partial charge is 0.315 e. The maximum Gasteiger partial charge on any atom is 0.315 e. The van der Waals surface area contributed by atoms with Gasteiger partial charge in [-0.1, -0.05) is 70.1 Å². The van der Waals surface area contributed by atoms with E-state index in [-0.39, 0.29) is 25.5 Å². The quantitative estimate of drug-likeness (QED) is 0.302. The average Bonchev–Trinajstić information content (AvgIpc) is 2.87. The predicted octanol–water partition coefficient (Wildman–Crippen LogP) is 4.14. The second-order valence-electron chi connectivity index (χ2n) is 5.94. The first-order valence-electron chi connectivity index (χ1n) is 8.90. The number of rotatable bonds is 8. The Bertz CT molecular complexity index is 819. The highest BCUT2D eigenvalue weighted by molar-refractivity contribution is 8.76. The number of aliphatic hydroxyl groups excluding tert-OH is 1. The number of benzene rings is 2. The molecular formula is C21H21NO4S2. The number of amides is 1. The Morgan fingerprint density at radius 3 is 2.07 bits per heavy atom. The van der Waals surface area contributed by atoms with Crippen LogP contribution in [0.4, 0.5) is 11.4 Å². The summed E-state index contributed by atoms with van der Waals surface area (Å²) in [6.45, 7) is 0.365. The Labute approximate surface area is 172 Å². The molecule has 1 N–H and O–H groups in total. The highest BCUT2D eigenvalue weighted by Gasteiger charge is 2.25. The van der Waals surface area contributed by atoms with Crippen molar-refractivity contribution in [3.05, 3.63) is 59.7 Å². The first kappa shape index (κ1) is 20.5. The van der Waals surface area contributed by atoms with Crippen LogP contribution in [0.25, 0.3) is 12.2 Å². The fourth-order valence-corrected chi connectivity index (χ4v) is 4.44. The highest BCUT2D eigenvalue weighted by atomic mass is 33.1. The van der Waals surface area contributed by atoms with Gasteiger partial charge in [-0.15, -0.1) is 0 Å². The van der Waals surface area contributed by atoms with Gasteiger partial charge in [0.15, 0.2) is 0 Å². The van der Waals surface area contributed by atoms with E-state index in [0.29, 0.717) is 11.5 Å². The Morgan fingerprint density at radius 2 is 1.46 bits per heavy atom. The summed E-state index contributed by atoms with van der Waals surface area (Å²) in [4.78, 5) is 26.8. The van der Waals surface area contributed by atoms with Crippen molar-refractivity contribution in [1.82, 2.24) is 0 Å². The molecule has 0 unspecified atom stereocenters. The minimum absolute atomic E-state index is 0.125. The van der Waals surface area contributed by atoms with Gasteiger partial charge in [0, 0.05) is 11.5 Å². The number of ether oxygens (including phenoxy) is 1. The molecule has 28 heavy (non-hydrogen) atoms. The molecule has 2 aromatic carbocycles. The molecule has 0 saturated heterocycles. The Balaban J connectivity index is 1.69. The molecule has 0 radical (unpaired) electrons. The number of aliphatic hydroxyl groups is 1. The monoisotopic (exact) mass is 415 g/mol. The van der Waals surface area contributed by atoms with Crippen molar-refractivity contribution in [3.63, 3.8) is 0 Å². The van der Waals surface area contributed by atoms with Gasteiger partial charge in [0.2, 0.25) is 5.91 Å². The van der Waals surface area contributed by atoms with E-state index in [9.17, 15) is 9.59 Å². The molecule has 7 heteroatoms. The molecule has 1 heterocycles. The third-order valence-electron chi connectivity index (χ3n) is 4.03. The summed E-state index contributed by atoms with van der Waals surface area (Å²) in [6, 6.07) is 15.2. The fourth-order valence-electron chi connectivity index (χ4n) is 2.84. The molecular weight excluding hydrogens is 394 g/mol. The normalized spacial score (nSPS) is 12.1. The number of esters is 1. The molecule has 0 aromatic heterocycles. The van der Waals surface area contributed by atoms with Crippen LogP contribution >= 0.6 is 21.6 Å². The lowest BCUT2D eigenvalue weighted by atomic mass is 10.1. The van der Waals surface area contributed by atoms with Crippen LogP contribution in [0.1, 0.15) is 17.5 Å². The second kappa shape index (κ2) is 10.4. The van der Waals surface area contributed by atoms with Gasteiger partial charge in [0.05, 0.1) is 18.0 Å². The van der Waals surface area contributed by atoms with Crippen molar-refractivity contribution in [2.24, 2.45) is 0 Å². The van der Waals surface area contributed by atoms with Crippen LogP contribution in [0.2, 0.25) is 0 Å². The number of carbonyl (C=O) groups is 2. The molecule has 0 aliphatic carbocycles. The molecule has 2 aromatic rings. The summed E-state index contributed by atoms with van der Waals surface area (Å²) in [7, 11) is 3.05. The van der Waals surface area contributed by atoms with Gasteiger partial charge in [-0.2, -0.15) is 0 Å². The van der Waals surface area contributed by atoms with Crippen LogP contribution in [-0.2, 0) is 14.3 Å². The fraction of sp³-hybridized carbons (Fsp3) is 0.238. The van der Waals surface area contributed by atoms with Gasteiger partial charge in [0.25, 0.3) is 0 Å². The summed E-state index contributed by atoms with van der Waals surface area (Å²) in [5, 5.41) is 8.73. The predicted molar refractivity (Wildman–Crippen MR) is 117 cm³/mol. The number of anilines is 2. The largest absolute Gasteiger partial charge is 0.464 e. The van der Waals surface area contributed by atoms with Crippen LogP contribution in [0.3, 0.4) is 0 Å². The van der Waals surface area contributed by atoms with Crippen molar-refractivity contribution < 1.29 is 19.4 Å². The summed E-state index contributed by atoms with van der Waals surface area (Å²) in [5.41, 5.74) is 3.32. The maximum atomic E-state index is 13.0. The van der Waals surface area contributed by atoms with Crippen molar-refractivity contribution >= 4 is 57.0 Å². The molecule has 1 amide bonds. The molecule has 0 bridgehead atoms. The van der Waals surface area contributed by atoms with Crippen molar-refractivity contribution in [2.75, 3.05) is 29.6 Å². The van der Waals surface area contributed by atoms with E-state index in [4.69, 9.17) is 9.84 Å². The Hall–Kier alpha value is -2.22. The maximum absolute atomic E-state index is 13.0. The van der Waals surface area contributed by atoms with Gasteiger partial charge < -0.3 is 9.84 Å². The molecule has 3 rings (SSSR count). The summed E-state index contributed by atoms with van der Waals surface area (Å²) in [6.07, 6.45) is 3.62. The molecule has 5 nitrogen and oxygen atoms in total. The molecule has 0 spiro atoms. The molecule has 0 fully saturated rings. The molecule has 1 aliphatic heterocycles. The van der Waals surface area contributed by atoms with Gasteiger partial charge in [-0.05, 0) is 23.3 Å². The minimum atomic E-state index is -0.537. The zero-order valence-corrected chi connectivity index (χ0v) is 16.9. The Kier molecular flexibility index (Phi) is 7.59. The van der Waals surface area contributed by atoms with Crippen LogP contribution in [0.5, 0.6) is 0 Å². The number of fused-ring (bicyclic) bond motifs is 2. The van der Waals surface area contributed by atoms with Gasteiger partial charge in [0.1, 0.15) is 13.0 Å². The van der Waals surface area contributed by atoms with E-state index in [1.54, 1.807) is 4.90 Å². The lowest BCUT2D eigenvalue weighted by Gasteiger charge is -2.24. The minimum Gasteiger partial charge on any atom is -0.464 e. The molecule has 146 valence electrons. The number of hydrogen-bond acceptors (Lipinski definition) is 6. The van der Waals surface area contributed by atoms with E-state index in [1.807, 2.05) is 60.7 Å². The standard InChI is InChI=1S/C21H21NO4S2/c23-11-13-27-28-14-12-26-21(25)15-20(24)22-18-7-3-1-5-16(18)9-10-17-6-2-4-8-19(17)22/h1-10,23H,11-15H2. The number of hydrogen-bond donors (Lipinski definition) is 1. The number of para-hydroxylation sites is 2. The summed E-state index contributed by atoms with van der Waals surface area (Å²) < 4.78 is 5.19. The van der Waals surface area contributed by atoms with Gasteiger partial charge in [-0.25, -0.2) is 0 Å². The van der Waals surface area contributed by atoms with Crippen molar-refractivity contribution in [3.8, 4) is 0 Å². The zero-order chi connectivity index (χ0) is 19.8. The topological polar surface area (TPSA) is 66.8 Å². The average molecular weight is 416 g/mol. The first-order valence-corrected chi connectivity index (χ1v) is 11.4. The lowest BCUT2D eigenvalue weighted by molar-refractivity contribution is -0.145. The van der Waals surface area contributed by atoms with Crippen molar-refractivity contribution in [2.45, 2.75) is 6.42 Å². The highest BCUT2D eigenvalue weighted by Crippen LogP contribution is 2.36. The second-order valence-corrected chi connectivity index (χ2v) is 8.65. The van der Waals surface area contributed by atoms with Gasteiger partial charge >= 0.3 is 5.97 Å². The van der Waals surface area contributed by atoms with Crippen LogP contribution in [0.15, 0.2) is 48.5 Å². The lowest BCUT2D eigenvalue weighted by Crippen LogP contribution is -2.29. The number of nitrogens with zero attached hydrogens (tertiary/aromatic N) is 1. The Morgan fingerprint density at radius 1 is 0.893 bits per heavy atom. The van der Waals surface area contributed by atoms with E-state index in [1.165, 1.54) is 21.6 Å². The molecule has 0 saturated carbocycles.